The second-order valence-corrected chi connectivity index (χ2v) is 7.25. The van der Waals surface area contributed by atoms with Gasteiger partial charge in [-0.05, 0) is 50.4 Å². The third-order valence-electron chi connectivity index (χ3n) is 5.71. The Bertz CT molecular complexity index is 563. The highest BCUT2D eigenvalue weighted by Gasteiger charge is 2.40. The lowest BCUT2D eigenvalue weighted by molar-refractivity contribution is 0.0724. The van der Waals surface area contributed by atoms with Gasteiger partial charge in [0.15, 0.2) is 17.8 Å². The third kappa shape index (κ3) is 4.13. The van der Waals surface area contributed by atoms with Crippen LogP contribution >= 0.6 is 24.8 Å². The maximum Gasteiger partial charge on any atom is 0.273 e. The van der Waals surface area contributed by atoms with Crippen molar-refractivity contribution in [1.82, 2.24) is 10.3 Å². The number of ether oxygens (including phenoxy) is 1. The average Bonchev–Trinajstić information content (AvgIpc) is 3.18. The summed E-state index contributed by atoms with van der Waals surface area (Å²) in [6.45, 7) is 0.719. The van der Waals surface area contributed by atoms with Gasteiger partial charge in [-0.25, -0.2) is 4.98 Å². The van der Waals surface area contributed by atoms with Crippen molar-refractivity contribution in [2.45, 2.75) is 63.1 Å². The molecule has 4 rings (SSSR count). The zero-order valence-electron chi connectivity index (χ0n) is 14.2. The van der Waals surface area contributed by atoms with Crippen LogP contribution in [0.15, 0.2) is 10.8 Å². The maximum atomic E-state index is 12.7. The van der Waals surface area contributed by atoms with E-state index in [1.807, 2.05) is 0 Å². The summed E-state index contributed by atoms with van der Waals surface area (Å²) in [5, 5.41) is 3.24. The summed E-state index contributed by atoms with van der Waals surface area (Å²) in [5.41, 5.74) is 6.56. The minimum absolute atomic E-state index is 0. The van der Waals surface area contributed by atoms with Crippen LogP contribution in [0.1, 0.15) is 67.3 Å². The van der Waals surface area contributed by atoms with Gasteiger partial charge in [0.05, 0.1) is 0 Å². The molecule has 2 heterocycles. The van der Waals surface area contributed by atoms with Crippen molar-refractivity contribution in [3.63, 3.8) is 0 Å². The third-order valence-corrected chi connectivity index (χ3v) is 5.71. The molecular formula is C17H27Cl2N3O3. The van der Waals surface area contributed by atoms with E-state index in [1.54, 1.807) is 0 Å². The summed E-state index contributed by atoms with van der Waals surface area (Å²) in [5.74, 6) is 1.46. The Kier molecular flexibility index (Phi) is 7.14. The van der Waals surface area contributed by atoms with Gasteiger partial charge in [0.25, 0.3) is 5.91 Å². The van der Waals surface area contributed by atoms with Crippen LogP contribution < -0.4 is 11.1 Å². The van der Waals surface area contributed by atoms with E-state index in [0.29, 0.717) is 23.3 Å². The first-order valence-corrected chi connectivity index (χ1v) is 8.84. The zero-order chi connectivity index (χ0) is 15.8. The van der Waals surface area contributed by atoms with Crippen molar-refractivity contribution in [1.29, 1.82) is 0 Å². The van der Waals surface area contributed by atoms with Gasteiger partial charge in [0.1, 0.15) is 6.10 Å². The van der Waals surface area contributed by atoms with Crippen molar-refractivity contribution >= 4 is 30.7 Å². The fourth-order valence-electron chi connectivity index (χ4n) is 4.68. The number of nitrogens with one attached hydrogen (secondary N) is 1. The molecule has 2 aliphatic carbocycles. The van der Waals surface area contributed by atoms with Gasteiger partial charge in [-0.2, -0.15) is 0 Å². The van der Waals surface area contributed by atoms with Gasteiger partial charge in [-0.15, -0.1) is 24.8 Å². The predicted molar refractivity (Wildman–Crippen MR) is 98.2 cm³/mol. The number of hydrogen-bond acceptors (Lipinski definition) is 5. The fraction of sp³-hybridized carbons (Fsp3) is 0.765. The lowest BCUT2D eigenvalue weighted by Gasteiger charge is -2.45. The number of carbonyl (C=O) groups is 1. The van der Waals surface area contributed by atoms with E-state index in [4.69, 9.17) is 14.9 Å². The molecule has 3 fully saturated rings. The Morgan fingerprint density at radius 2 is 1.88 bits per heavy atom. The first-order chi connectivity index (χ1) is 11.2. The van der Waals surface area contributed by atoms with E-state index in [2.05, 4.69) is 10.3 Å². The summed E-state index contributed by atoms with van der Waals surface area (Å²) in [6, 6.07) is 0.512. The van der Waals surface area contributed by atoms with E-state index >= 15 is 0 Å². The fourth-order valence-corrected chi connectivity index (χ4v) is 4.68. The number of fused-ring (bicyclic) bond motifs is 2. The van der Waals surface area contributed by atoms with Crippen molar-refractivity contribution < 1.29 is 13.9 Å². The van der Waals surface area contributed by atoms with Gasteiger partial charge >= 0.3 is 0 Å². The SMILES string of the molecule is Cl.Cl.NC1CC2CCCC(C1)C2NC(=O)c1ncoc1C1CCCO1. The van der Waals surface area contributed by atoms with Gasteiger partial charge in [0, 0.05) is 18.7 Å². The Morgan fingerprint density at radius 1 is 1.16 bits per heavy atom. The lowest BCUT2D eigenvalue weighted by atomic mass is 9.67. The van der Waals surface area contributed by atoms with Gasteiger partial charge in [-0.1, -0.05) is 6.42 Å². The Morgan fingerprint density at radius 3 is 2.52 bits per heavy atom. The number of nitrogens with two attached hydrogens (primary N) is 1. The minimum atomic E-state index is -0.127. The van der Waals surface area contributed by atoms with E-state index in [-0.39, 0.29) is 48.9 Å². The number of halogens is 2. The number of carbonyl (C=O) groups excluding carboxylic acids is 1. The number of amides is 1. The van der Waals surface area contributed by atoms with E-state index < -0.39 is 0 Å². The topological polar surface area (TPSA) is 90.4 Å². The molecule has 2 bridgehead atoms. The standard InChI is InChI=1S/C17H25N3O3.2ClH/c18-12-7-10-3-1-4-11(8-12)14(10)20-17(21)15-16(23-9-19-15)13-5-2-6-22-13;;/h9-14H,1-8,18H2,(H,20,21);2*1H. The molecule has 3 atom stereocenters. The van der Waals surface area contributed by atoms with Crippen LogP contribution in [0.25, 0.3) is 0 Å². The number of oxazole rings is 1. The van der Waals surface area contributed by atoms with Gasteiger partial charge < -0.3 is 20.2 Å². The van der Waals surface area contributed by atoms with Crippen LogP contribution in [0, 0.1) is 11.8 Å². The van der Waals surface area contributed by atoms with Crippen LogP contribution in [0.3, 0.4) is 0 Å². The molecule has 0 radical (unpaired) electrons. The van der Waals surface area contributed by atoms with Crippen molar-refractivity contribution in [3.05, 3.63) is 17.8 Å². The summed E-state index contributed by atoms with van der Waals surface area (Å²) >= 11 is 0. The van der Waals surface area contributed by atoms with Crippen LogP contribution in [-0.2, 0) is 4.74 Å². The minimum Gasteiger partial charge on any atom is -0.445 e. The number of rotatable bonds is 3. The first-order valence-electron chi connectivity index (χ1n) is 8.84. The van der Waals surface area contributed by atoms with E-state index in [0.717, 1.165) is 45.1 Å². The highest BCUT2D eigenvalue weighted by atomic mass is 35.5. The summed E-state index contributed by atoms with van der Waals surface area (Å²) in [7, 11) is 0. The molecule has 142 valence electrons. The zero-order valence-corrected chi connectivity index (χ0v) is 15.8. The van der Waals surface area contributed by atoms with Crippen LogP contribution in [0.5, 0.6) is 0 Å². The Balaban J connectivity index is 0.00000113. The molecule has 8 heteroatoms. The van der Waals surface area contributed by atoms with E-state index in [9.17, 15) is 4.79 Å². The highest BCUT2D eigenvalue weighted by molar-refractivity contribution is 5.93. The molecule has 1 aliphatic heterocycles. The molecule has 25 heavy (non-hydrogen) atoms. The molecule has 1 aromatic rings. The van der Waals surface area contributed by atoms with Crippen molar-refractivity contribution in [2.75, 3.05) is 6.61 Å². The van der Waals surface area contributed by atoms with E-state index in [1.165, 1.54) is 12.8 Å². The Labute approximate surface area is 160 Å². The normalized spacial score (nSPS) is 33.9. The summed E-state index contributed by atoms with van der Waals surface area (Å²) < 4.78 is 11.1. The highest BCUT2D eigenvalue weighted by Crippen LogP contribution is 2.40. The first kappa shape index (κ1) is 20.5. The molecule has 1 amide bonds. The smallest absolute Gasteiger partial charge is 0.273 e. The van der Waals surface area contributed by atoms with Crippen LogP contribution in [0.2, 0.25) is 0 Å². The summed E-state index contributed by atoms with van der Waals surface area (Å²) in [6.07, 6.45) is 8.70. The second-order valence-electron chi connectivity index (χ2n) is 7.25. The largest absolute Gasteiger partial charge is 0.445 e. The molecule has 0 aromatic carbocycles. The average molecular weight is 392 g/mol. The van der Waals surface area contributed by atoms with Gasteiger partial charge in [-0.3, -0.25) is 4.79 Å². The molecular weight excluding hydrogens is 365 g/mol. The summed E-state index contributed by atoms with van der Waals surface area (Å²) in [4.78, 5) is 16.9. The molecule has 0 spiro atoms. The van der Waals surface area contributed by atoms with Gasteiger partial charge in [0.2, 0.25) is 0 Å². The quantitative estimate of drug-likeness (QED) is 0.825. The second kappa shape index (κ2) is 8.71. The number of aromatic nitrogens is 1. The van der Waals surface area contributed by atoms with Crippen molar-refractivity contribution in [2.24, 2.45) is 17.6 Å². The molecule has 3 unspecified atom stereocenters. The Hall–Kier alpha value is -0.820. The van der Waals surface area contributed by atoms with Crippen LogP contribution in [-0.4, -0.2) is 29.6 Å². The molecule has 3 aliphatic rings. The molecule has 3 N–H and O–H groups in total. The number of nitrogens with zero attached hydrogens (tertiary/aromatic N) is 1. The number of hydrogen-bond donors (Lipinski definition) is 2. The molecule has 6 nitrogen and oxygen atoms in total. The molecule has 1 aromatic heterocycles. The molecule has 1 saturated heterocycles. The monoisotopic (exact) mass is 391 g/mol. The lowest BCUT2D eigenvalue weighted by Crippen LogP contribution is -2.53. The predicted octanol–water partition coefficient (Wildman–Crippen LogP) is 3.01. The van der Waals surface area contributed by atoms with Crippen molar-refractivity contribution in [3.8, 4) is 0 Å². The molecule has 2 saturated carbocycles. The van der Waals surface area contributed by atoms with Crippen LogP contribution in [0.4, 0.5) is 0 Å². The maximum absolute atomic E-state index is 12.7.